The lowest BCUT2D eigenvalue weighted by Gasteiger charge is -2.03. The Balaban J connectivity index is 2.12. The van der Waals surface area contributed by atoms with Gasteiger partial charge in [-0.15, -0.1) is 11.3 Å². The zero-order valence-corrected chi connectivity index (χ0v) is 11.6. The number of hydrazone groups is 1. The number of anilines is 1. The molecule has 0 amide bonds. The predicted octanol–water partition coefficient (Wildman–Crippen LogP) is 4.69. The molecular weight excluding hydrogens is 271 g/mol. The number of hydrogen-bond acceptors (Lipinski definition) is 3. The summed E-state index contributed by atoms with van der Waals surface area (Å²) in [7, 11) is 0. The molecule has 0 fully saturated rings. The van der Waals surface area contributed by atoms with Crippen molar-refractivity contribution in [1.29, 1.82) is 0 Å². The summed E-state index contributed by atoms with van der Waals surface area (Å²) in [6.07, 6.45) is 0. The molecule has 0 aliphatic carbocycles. The first-order valence-electron chi connectivity index (χ1n) is 5.38. The van der Waals surface area contributed by atoms with E-state index in [-0.39, 0.29) is 5.82 Å². The van der Waals surface area contributed by atoms with Crippen molar-refractivity contribution in [2.75, 3.05) is 5.43 Å². The van der Waals surface area contributed by atoms with E-state index < -0.39 is 0 Å². The van der Waals surface area contributed by atoms with Crippen LogP contribution in [-0.4, -0.2) is 5.71 Å². The Bertz CT molecular complexity index is 592. The SMILES string of the molecule is CC(=NNc1ccc(C)c(F)c1)c1ccc(Cl)s1. The van der Waals surface area contributed by atoms with Crippen LogP contribution in [0.1, 0.15) is 17.4 Å². The number of nitrogens with one attached hydrogen (secondary N) is 1. The van der Waals surface area contributed by atoms with Crippen molar-refractivity contribution in [3.8, 4) is 0 Å². The number of aryl methyl sites for hydroxylation is 1. The van der Waals surface area contributed by atoms with Crippen molar-refractivity contribution in [3.05, 3.63) is 50.9 Å². The Morgan fingerprint density at radius 2 is 2.11 bits per heavy atom. The van der Waals surface area contributed by atoms with Crippen molar-refractivity contribution < 1.29 is 4.39 Å². The first-order chi connectivity index (χ1) is 8.56. The number of halogens is 2. The summed E-state index contributed by atoms with van der Waals surface area (Å²) >= 11 is 7.31. The van der Waals surface area contributed by atoms with Gasteiger partial charge in [0.1, 0.15) is 5.82 Å². The van der Waals surface area contributed by atoms with E-state index in [2.05, 4.69) is 10.5 Å². The van der Waals surface area contributed by atoms with Gasteiger partial charge < -0.3 is 0 Å². The van der Waals surface area contributed by atoms with Gasteiger partial charge in [0.2, 0.25) is 0 Å². The second-order valence-electron chi connectivity index (χ2n) is 3.88. The van der Waals surface area contributed by atoms with E-state index in [9.17, 15) is 4.39 Å². The number of hydrogen-bond donors (Lipinski definition) is 1. The first-order valence-corrected chi connectivity index (χ1v) is 6.58. The molecule has 0 saturated carbocycles. The van der Waals surface area contributed by atoms with E-state index in [0.717, 1.165) is 14.9 Å². The highest BCUT2D eigenvalue weighted by Gasteiger charge is 2.02. The van der Waals surface area contributed by atoms with Gasteiger partial charge >= 0.3 is 0 Å². The normalized spacial score (nSPS) is 11.7. The summed E-state index contributed by atoms with van der Waals surface area (Å²) in [5.41, 5.74) is 4.89. The number of nitrogens with zero attached hydrogens (tertiary/aromatic N) is 1. The molecule has 0 atom stereocenters. The van der Waals surface area contributed by atoms with E-state index in [1.54, 1.807) is 19.1 Å². The van der Waals surface area contributed by atoms with E-state index in [1.807, 2.05) is 19.1 Å². The average molecular weight is 283 g/mol. The average Bonchev–Trinajstić information content (AvgIpc) is 2.77. The Morgan fingerprint density at radius 1 is 1.33 bits per heavy atom. The quantitative estimate of drug-likeness (QED) is 0.641. The third-order valence-corrected chi connectivity index (χ3v) is 3.79. The van der Waals surface area contributed by atoms with E-state index >= 15 is 0 Å². The maximum atomic E-state index is 13.3. The molecule has 0 radical (unpaired) electrons. The fourth-order valence-corrected chi connectivity index (χ4v) is 2.36. The zero-order chi connectivity index (χ0) is 13.1. The molecule has 1 heterocycles. The number of benzene rings is 1. The summed E-state index contributed by atoms with van der Waals surface area (Å²) in [5.74, 6) is -0.243. The third-order valence-electron chi connectivity index (χ3n) is 2.45. The third kappa shape index (κ3) is 3.09. The van der Waals surface area contributed by atoms with Crippen LogP contribution in [0.2, 0.25) is 4.34 Å². The molecule has 0 unspecified atom stereocenters. The standard InChI is InChI=1S/C13H12ClFN2S/c1-8-3-4-10(7-11(8)15)17-16-9(2)12-5-6-13(14)18-12/h3-7,17H,1-2H3. The van der Waals surface area contributed by atoms with E-state index in [4.69, 9.17) is 11.6 Å². The van der Waals surface area contributed by atoms with E-state index in [0.29, 0.717) is 11.3 Å². The highest BCUT2D eigenvalue weighted by Crippen LogP contribution is 2.22. The zero-order valence-electron chi connectivity index (χ0n) is 10.00. The van der Waals surface area contributed by atoms with Crippen LogP contribution in [0.5, 0.6) is 0 Å². The lowest BCUT2D eigenvalue weighted by Crippen LogP contribution is -1.98. The first kappa shape index (κ1) is 13.1. The molecule has 0 spiro atoms. The van der Waals surface area contributed by atoms with Crippen molar-refractivity contribution >= 4 is 34.3 Å². The Kier molecular flexibility index (Phi) is 3.99. The smallest absolute Gasteiger partial charge is 0.128 e. The van der Waals surface area contributed by atoms with Crippen molar-refractivity contribution in [2.24, 2.45) is 5.10 Å². The van der Waals surface area contributed by atoms with Gasteiger partial charge in [0.05, 0.1) is 20.6 Å². The highest BCUT2D eigenvalue weighted by atomic mass is 35.5. The monoisotopic (exact) mass is 282 g/mol. The molecule has 0 aliphatic heterocycles. The van der Waals surface area contributed by atoms with Crippen molar-refractivity contribution in [2.45, 2.75) is 13.8 Å². The minimum atomic E-state index is -0.243. The van der Waals surface area contributed by atoms with Crippen LogP contribution in [0.15, 0.2) is 35.4 Å². The Hall–Kier alpha value is -1.39. The van der Waals surface area contributed by atoms with Crippen LogP contribution in [-0.2, 0) is 0 Å². The molecule has 94 valence electrons. The predicted molar refractivity (Wildman–Crippen MR) is 76.3 cm³/mol. The van der Waals surface area contributed by atoms with Crippen LogP contribution < -0.4 is 5.43 Å². The minimum Gasteiger partial charge on any atom is -0.278 e. The molecule has 2 aromatic rings. The lowest BCUT2D eigenvalue weighted by atomic mass is 10.2. The molecule has 5 heteroatoms. The van der Waals surface area contributed by atoms with Crippen LogP contribution in [0.25, 0.3) is 0 Å². The van der Waals surface area contributed by atoms with E-state index in [1.165, 1.54) is 17.4 Å². The molecular formula is C13H12ClFN2S. The maximum absolute atomic E-state index is 13.3. The van der Waals surface area contributed by atoms with Gasteiger partial charge in [-0.25, -0.2) is 4.39 Å². The van der Waals surface area contributed by atoms with Gasteiger partial charge in [0.25, 0.3) is 0 Å². The second-order valence-corrected chi connectivity index (χ2v) is 5.59. The summed E-state index contributed by atoms with van der Waals surface area (Å²) < 4.78 is 14.0. The summed E-state index contributed by atoms with van der Waals surface area (Å²) in [6, 6.07) is 8.66. The molecule has 0 aliphatic rings. The van der Waals surface area contributed by atoms with Gasteiger partial charge in [-0.1, -0.05) is 17.7 Å². The fraction of sp³-hybridized carbons (Fsp3) is 0.154. The topological polar surface area (TPSA) is 24.4 Å². The molecule has 1 N–H and O–H groups in total. The van der Waals surface area contributed by atoms with Gasteiger partial charge in [-0.3, -0.25) is 5.43 Å². The van der Waals surface area contributed by atoms with Crippen molar-refractivity contribution in [3.63, 3.8) is 0 Å². The minimum absolute atomic E-state index is 0.243. The molecule has 0 saturated heterocycles. The largest absolute Gasteiger partial charge is 0.278 e. The van der Waals surface area contributed by atoms with Crippen LogP contribution in [0, 0.1) is 12.7 Å². The highest BCUT2D eigenvalue weighted by molar-refractivity contribution is 7.18. The van der Waals surface area contributed by atoms with Crippen molar-refractivity contribution in [1.82, 2.24) is 0 Å². The molecule has 1 aromatic carbocycles. The molecule has 2 rings (SSSR count). The number of rotatable bonds is 3. The van der Waals surface area contributed by atoms with Crippen LogP contribution >= 0.6 is 22.9 Å². The summed E-state index contributed by atoms with van der Waals surface area (Å²) in [4.78, 5) is 0.986. The maximum Gasteiger partial charge on any atom is 0.128 e. The van der Waals surface area contributed by atoms with Gasteiger partial charge in [-0.2, -0.15) is 5.10 Å². The molecule has 2 nitrogen and oxygen atoms in total. The Morgan fingerprint density at radius 3 is 2.72 bits per heavy atom. The summed E-state index contributed by atoms with van der Waals surface area (Å²) in [5, 5.41) is 4.20. The van der Waals surface area contributed by atoms with Crippen LogP contribution in [0.3, 0.4) is 0 Å². The van der Waals surface area contributed by atoms with Gasteiger partial charge in [0.15, 0.2) is 0 Å². The fourth-order valence-electron chi connectivity index (χ4n) is 1.37. The lowest BCUT2D eigenvalue weighted by molar-refractivity contribution is 0.619. The van der Waals surface area contributed by atoms with Gasteiger partial charge in [0, 0.05) is 0 Å². The van der Waals surface area contributed by atoms with Gasteiger partial charge in [-0.05, 0) is 43.7 Å². The summed E-state index contributed by atoms with van der Waals surface area (Å²) in [6.45, 7) is 3.60. The van der Waals surface area contributed by atoms with Crippen LogP contribution in [0.4, 0.5) is 10.1 Å². The second kappa shape index (κ2) is 5.50. The molecule has 1 aromatic heterocycles. The Labute approximate surface area is 114 Å². The molecule has 0 bridgehead atoms. The number of thiophene rings is 1. The molecule has 18 heavy (non-hydrogen) atoms.